The van der Waals surface area contributed by atoms with Crippen LogP contribution in [0.5, 0.6) is 0 Å². The number of aromatic nitrogens is 1. The lowest BCUT2D eigenvalue weighted by Crippen LogP contribution is -1.95. The topological polar surface area (TPSA) is 38.9 Å². The number of rotatable bonds is 2. The van der Waals surface area contributed by atoms with Crippen LogP contribution < -0.4 is 5.73 Å². The second-order valence-electron chi connectivity index (χ2n) is 3.28. The molecule has 2 aromatic rings. The highest BCUT2D eigenvalue weighted by Crippen LogP contribution is 2.24. The molecule has 0 bridgehead atoms. The molecular weight excluding hydrogens is 184 g/mol. The Kier molecular flexibility index (Phi) is 2.50. The number of nitrogens with zero attached hydrogens (tertiary/aromatic N) is 1. The predicted molar refractivity (Wildman–Crippen MR) is 63.2 cm³/mol. The van der Waals surface area contributed by atoms with Gasteiger partial charge in [-0.3, -0.25) is 4.98 Å². The van der Waals surface area contributed by atoms with Crippen molar-refractivity contribution in [3.63, 3.8) is 0 Å². The summed E-state index contributed by atoms with van der Waals surface area (Å²) < 4.78 is 0. The third kappa shape index (κ3) is 1.89. The SMILES string of the molecule is C=C(c1ccccn1)c1ccccc1N. The lowest BCUT2D eigenvalue weighted by molar-refractivity contribution is 1.28. The van der Waals surface area contributed by atoms with Crippen molar-refractivity contribution in [2.45, 2.75) is 0 Å². The lowest BCUT2D eigenvalue weighted by Gasteiger charge is -2.07. The number of nitrogen functional groups attached to an aromatic ring is 1. The number of pyridine rings is 1. The zero-order chi connectivity index (χ0) is 10.7. The number of hydrogen-bond donors (Lipinski definition) is 1. The molecule has 0 saturated carbocycles. The Morgan fingerprint density at radius 2 is 1.80 bits per heavy atom. The minimum absolute atomic E-state index is 0.730. The van der Waals surface area contributed by atoms with Gasteiger partial charge in [-0.2, -0.15) is 0 Å². The zero-order valence-corrected chi connectivity index (χ0v) is 8.35. The van der Waals surface area contributed by atoms with Crippen molar-refractivity contribution >= 4 is 11.3 Å². The van der Waals surface area contributed by atoms with E-state index in [9.17, 15) is 0 Å². The first kappa shape index (κ1) is 9.46. The van der Waals surface area contributed by atoms with E-state index >= 15 is 0 Å². The summed E-state index contributed by atoms with van der Waals surface area (Å²) >= 11 is 0. The first-order valence-electron chi connectivity index (χ1n) is 4.74. The van der Waals surface area contributed by atoms with Gasteiger partial charge in [0.15, 0.2) is 0 Å². The van der Waals surface area contributed by atoms with Crippen LogP contribution in [-0.2, 0) is 0 Å². The summed E-state index contributed by atoms with van der Waals surface area (Å²) in [4.78, 5) is 4.24. The Bertz CT molecular complexity index is 475. The average molecular weight is 196 g/mol. The molecule has 0 fully saturated rings. The average Bonchev–Trinajstić information content (AvgIpc) is 2.30. The molecule has 15 heavy (non-hydrogen) atoms. The second-order valence-corrected chi connectivity index (χ2v) is 3.28. The molecule has 0 amide bonds. The molecule has 0 spiro atoms. The molecule has 1 aromatic carbocycles. The Morgan fingerprint density at radius 1 is 1.07 bits per heavy atom. The predicted octanol–water partition coefficient (Wildman–Crippen LogP) is 2.73. The molecule has 1 aromatic heterocycles. The molecule has 0 unspecified atom stereocenters. The van der Waals surface area contributed by atoms with Gasteiger partial charge in [0.2, 0.25) is 0 Å². The molecule has 0 aliphatic heterocycles. The first-order chi connectivity index (χ1) is 7.29. The highest BCUT2D eigenvalue weighted by molar-refractivity contribution is 5.82. The van der Waals surface area contributed by atoms with E-state index in [0.717, 1.165) is 22.5 Å². The molecule has 74 valence electrons. The Hall–Kier alpha value is -2.09. The van der Waals surface area contributed by atoms with E-state index in [0.29, 0.717) is 0 Å². The maximum atomic E-state index is 5.87. The fourth-order valence-corrected chi connectivity index (χ4v) is 1.45. The Morgan fingerprint density at radius 3 is 2.47 bits per heavy atom. The van der Waals surface area contributed by atoms with Crippen LogP contribution in [0.2, 0.25) is 0 Å². The van der Waals surface area contributed by atoms with Crippen molar-refractivity contribution in [3.05, 3.63) is 66.5 Å². The van der Waals surface area contributed by atoms with Crippen LogP contribution in [0.15, 0.2) is 55.2 Å². The molecule has 1 heterocycles. The van der Waals surface area contributed by atoms with Crippen molar-refractivity contribution in [2.24, 2.45) is 0 Å². The van der Waals surface area contributed by atoms with E-state index < -0.39 is 0 Å². The van der Waals surface area contributed by atoms with Gasteiger partial charge in [0.1, 0.15) is 0 Å². The van der Waals surface area contributed by atoms with Gasteiger partial charge in [0.25, 0.3) is 0 Å². The van der Waals surface area contributed by atoms with Crippen LogP contribution in [-0.4, -0.2) is 4.98 Å². The van der Waals surface area contributed by atoms with Gasteiger partial charge >= 0.3 is 0 Å². The molecule has 0 aliphatic rings. The number of nitrogens with two attached hydrogens (primary N) is 1. The van der Waals surface area contributed by atoms with Gasteiger partial charge in [-0.15, -0.1) is 0 Å². The molecule has 2 rings (SSSR count). The van der Waals surface area contributed by atoms with E-state index in [1.54, 1.807) is 6.20 Å². The summed E-state index contributed by atoms with van der Waals surface area (Å²) in [6.45, 7) is 4.01. The van der Waals surface area contributed by atoms with E-state index in [-0.39, 0.29) is 0 Å². The van der Waals surface area contributed by atoms with Crippen molar-refractivity contribution in [2.75, 3.05) is 5.73 Å². The fraction of sp³-hybridized carbons (Fsp3) is 0. The van der Waals surface area contributed by atoms with Crippen LogP contribution >= 0.6 is 0 Å². The van der Waals surface area contributed by atoms with Gasteiger partial charge in [0, 0.05) is 23.0 Å². The largest absolute Gasteiger partial charge is 0.398 e. The minimum Gasteiger partial charge on any atom is -0.398 e. The molecule has 0 aliphatic carbocycles. The maximum Gasteiger partial charge on any atom is 0.0702 e. The second kappa shape index (κ2) is 3.96. The molecule has 0 atom stereocenters. The molecular formula is C13H12N2. The molecule has 2 N–H and O–H groups in total. The molecule has 0 saturated heterocycles. The summed E-state index contributed by atoms with van der Waals surface area (Å²) in [5.41, 5.74) is 9.25. The van der Waals surface area contributed by atoms with Crippen LogP contribution in [0, 0.1) is 0 Å². The summed E-state index contributed by atoms with van der Waals surface area (Å²) in [6.07, 6.45) is 1.75. The number of para-hydroxylation sites is 1. The monoisotopic (exact) mass is 196 g/mol. The van der Waals surface area contributed by atoms with Gasteiger partial charge in [-0.25, -0.2) is 0 Å². The highest BCUT2D eigenvalue weighted by Gasteiger charge is 2.05. The maximum absolute atomic E-state index is 5.87. The van der Waals surface area contributed by atoms with Crippen LogP contribution in [0.1, 0.15) is 11.3 Å². The van der Waals surface area contributed by atoms with Crippen molar-refractivity contribution < 1.29 is 0 Å². The number of hydrogen-bond acceptors (Lipinski definition) is 2. The summed E-state index contributed by atoms with van der Waals surface area (Å²) in [5, 5.41) is 0. The van der Waals surface area contributed by atoms with Crippen molar-refractivity contribution in [1.82, 2.24) is 4.98 Å². The normalized spacial score (nSPS) is 9.87. The molecule has 2 heteroatoms. The standard InChI is InChI=1S/C13H12N2/c1-10(13-8-4-5-9-15-13)11-6-2-3-7-12(11)14/h2-9H,1,14H2. The van der Waals surface area contributed by atoms with E-state index in [1.807, 2.05) is 42.5 Å². The van der Waals surface area contributed by atoms with Gasteiger partial charge in [-0.1, -0.05) is 30.8 Å². The summed E-state index contributed by atoms with van der Waals surface area (Å²) in [5.74, 6) is 0. The fourth-order valence-electron chi connectivity index (χ4n) is 1.45. The molecule has 0 radical (unpaired) electrons. The van der Waals surface area contributed by atoms with Gasteiger partial charge in [0.05, 0.1) is 5.69 Å². The van der Waals surface area contributed by atoms with Crippen molar-refractivity contribution in [3.8, 4) is 0 Å². The highest BCUT2D eigenvalue weighted by atomic mass is 14.7. The number of benzene rings is 1. The van der Waals surface area contributed by atoms with Crippen LogP contribution in [0.3, 0.4) is 0 Å². The molecule has 2 nitrogen and oxygen atoms in total. The van der Waals surface area contributed by atoms with Gasteiger partial charge < -0.3 is 5.73 Å². The Balaban J connectivity index is 2.42. The van der Waals surface area contributed by atoms with E-state index in [4.69, 9.17) is 5.73 Å². The third-order valence-electron chi connectivity index (χ3n) is 2.26. The minimum atomic E-state index is 0.730. The quantitative estimate of drug-likeness (QED) is 0.750. The zero-order valence-electron chi connectivity index (χ0n) is 8.35. The number of anilines is 1. The smallest absolute Gasteiger partial charge is 0.0702 e. The summed E-state index contributed by atoms with van der Waals surface area (Å²) in [7, 11) is 0. The first-order valence-corrected chi connectivity index (χ1v) is 4.74. The van der Waals surface area contributed by atoms with Crippen LogP contribution in [0.4, 0.5) is 5.69 Å². The lowest BCUT2D eigenvalue weighted by atomic mass is 10.0. The van der Waals surface area contributed by atoms with E-state index in [2.05, 4.69) is 11.6 Å². The third-order valence-corrected chi connectivity index (χ3v) is 2.26. The van der Waals surface area contributed by atoms with Gasteiger partial charge in [-0.05, 0) is 18.2 Å². The van der Waals surface area contributed by atoms with Crippen molar-refractivity contribution in [1.29, 1.82) is 0 Å². The van der Waals surface area contributed by atoms with E-state index in [1.165, 1.54) is 0 Å². The van der Waals surface area contributed by atoms with Crippen LogP contribution in [0.25, 0.3) is 5.57 Å². The Labute approximate surface area is 89.1 Å². The summed E-state index contributed by atoms with van der Waals surface area (Å²) in [6, 6.07) is 13.4.